The Bertz CT molecular complexity index is 510. The van der Waals surface area contributed by atoms with E-state index >= 15 is 0 Å². The van der Waals surface area contributed by atoms with Crippen molar-refractivity contribution in [3.63, 3.8) is 0 Å². The SMILES string of the molecule is Cl.N#Cc1ccc(OCC(=O)NCCCN2CCOCC2)cc1. The fourth-order valence-electron chi connectivity index (χ4n) is 2.18. The van der Waals surface area contributed by atoms with Crippen LogP contribution in [0.3, 0.4) is 0 Å². The number of hydrogen-bond donors (Lipinski definition) is 1. The Morgan fingerprint density at radius 1 is 1.30 bits per heavy atom. The van der Waals surface area contributed by atoms with Gasteiger partial charge in [-0.1, -0.05) is 0 Å². The first-order valence-corrected chi connectivity index (χ1v) is 7.48. The van der Waals surface area contributed by atoms with E-state index in [1.165, 1.54) is 0 Å². The van der Waals surface area contributed by atoms with Crippen LogP contribution in [-0.2, 0) is 9.53 Å². The van der Waals surface area contributed by atoms with Crippen LogP contribution in [0, 0.1) is 11.3 Å². The minimum absolute atomic E-state index is 0. The molecule has 0 bridgehead atoms. The predicted octanol–water partition coefficient (Wildman–Crippen LogP) is 1.20. The van der Waals surface area contributed by atoms with E-state index < -0.39 is 0 Å². The van der Waals surface area contributed by atoms with Crippen LogP contribution in [-0.4, -0.2) is 56.8 Å². The second-order valence-electron chi connectivity index (χ2n) is 5.08. The largest absolute Gasteiger partial charge is 0.484 e. The molecule has 1 aromatic rings. The molecule has 1 aliphatic rings. The van der Waals surface area contributed by atoms with Gasteiger partial charge in [-0.05, 0) is 37.2 Å². The number of carbonyl (C=O) groups is 1. The van der Waals surface area contributed by atoms with E-state index in [2.05, 4.69) is 10.2 Å². The standard InChI is InChI=1S/C16H21N3O3.ClH/c17-12-14-2-4-15(5-3-14)22-13-16(20)18-6-1-7-19-8-10-21-11-9-19;/h2-5H,1,6-11,13H2,(H,18,20);1H. The highest BCUT2D eigenvalue weighted by molar-refractivity contribution is 5.85. The monoisotopic (exact) mass is 339 g/mol. The van der Waals surface area contributed by atoms with Gasteiger partial charge in [-0.3, -0.25) is 9.69 Å². The van der Waals surface area contributed by atoms with E-state index in [0.717, 1.165) is 39.3 Å². The highest BCUT2D eigenvalue weighted by Crippen LogP contribution is 2.11. The second-order valence-corrected chi connectivity index (χ2v) is 5.08. The summed E-state index contributed by atoms with van der Waals surface area (Å²) in [7, 11) is 0. The maximum absolute atomic E-state index is 11.7. The van der Waals surface area contributed by atoms with Crippen LogP contribution in [0.1, 0.15) is 12.0 Å². The van der Waals surface area contributed by atoms with Gasteiger partial charge in [0.25, 0.3) is 5.91 Å². The number of halogens is 1. The predicted molar refractivity (Wildman–Crippen MR) is 88.8 cm³/mol. The molecule has 1 heterocycles. The fraction of sp³-hybridized carbons (Fsp3) is 0.500. The zero-order valence-electron chi connectivity index (χ0n) is 13.0. The van der Waals surface area contributed by atoms with Crippen molar-refractivity contribution >= 4 is 18.3 Å². The first-order valence-electron chi connectivity index (χ1n) is 7.48. The van der Waals surface area contributed by atoms with Crippen molar-refractivity contribution in [2.75, 3.05) is 46.0 Å². The molecule has 0 spiro atoms. The third-order valence-electron chi connectivity index (χ3n) is 3.43. The quantitative estimate of drug-likeness (QED) is 0.755. The number of rotatable bonds is 7. The second kappa shape index (κ2) is 10.8. The zero-order valence-corrected chi connectivity index (χ0v) is 13.8. The molecule has 1 saturated heterocycles. The number of nitriles is 1. The maximum atomic E-state index is 11.7. The van der Waals surface area contributed by atoms with Crippen molar-refractivity contribution in [2.24, 2.45) is 0 Å². The Morgan fingerprint density at radius 2 is 2.00 bits per heavy atom. The van der Waals surface area contributed by atoms with Crippen LogP contribution >= 0.6 is 12.4 Å². The van der Waals surface area contributed by atoms with E-state index in [1.54, 1.807) is 24.3 Å². The van der Waals surface area contributed by atoms with E-state index in [-0.39, 0.29) is 24.9 Å². The number of nitrogens with zero attached hydrogens (tertiary/aromatic N) is 2. The molecular weight excluding hydrogens is 318 g/mol. The molecule has 0 atom stereocenters. The normalized spacial score (nSPS) is 14.4. The summed E-state index contributed by atoms with van der Waals surface area (Å²) < 4.78 is 10.7. The van der Waals surface area contributed by atoms with Crippen molar-refractivity contribution in [2.45, 2.75) is 6.42 Å². The third kappa shape index (κ3) is 7.33. The molecule has 6 nitrogen and oxygen atoms in total. The number of morpholine rings is 1. The van der Waals surface area contributed by atoms with Gasteiger partial charge in [-0.2, -0.15) is 5.26 Å². The molecule has 1 N–H and O–H groups in total. The molecule has 0 aromatic heterocycles. The molecule has 126 valence electrons. The van der Waals surface area contributed by atoms with Gasteiger partial charge >= 0.3 is 0 Å². The number of nitrogens with one attached hydrogen (secondary N) is 1. The van der Waals surface area contributed by atoms with Crippen molar-refractivity contribution < 1.29 is 14.3 Å². The molecule has 0 saturated carbocycles. The molecule has 0 radical (unpaired) electrons. The van der Waals surface area contributed by atoms with Crippen LogP contribution < -0.4 is 10.1 Å². The molecule has 0 unspecified atom stereocenters. The van der Waals surface area contributed by atoms with Crippen LogP contribution in [0.5, 0.6) is 5.75 Å². The van der Waals surface area contributed by atoms with Crippen LogP contribution in [0.4, 0.5) is 0 Å². The Hall–Kier alpha value is -1.81. The molecule has 1 amide bonds. The molecule has 1 aliphatic heterocycles. The number of ether oxygens (including phenoxy) is 2. The summed E-state index contributed by atoms with van der Waals surface area (Å²) in [5.74, 6) is 0.453. The van der Waals surface area contributed by atoms with Gasteiger partial charge in [0.1, 0.15) is 5.75 Å². The highest BCUT2D eigenvalue weighted by Gasteiger charge is 2.09. The average Bonchev–Trinajstić information content (AvgIpc) is 2.58. The third-order valence-corrected chi connectivity index (χ3v) is 3.43. The lowest BCUT2D eigenvalue weighted by Crippen LogP contribution is -2.38. The van der Waals surface area contributed by atoms with Crippen LogP contribution in [0.15, 0.2) is 24.3 Å². The Balaban J connectivity index is 0.00000264. The summed E-state index contributed by atoms with van der Waals surface area (Å²) in [5.41, 5.74) is 0.569. The lowest BCUT2D eigenvalue weighted by Gasteiger charge is -2.26. The van der Waals surface area contributed by atoms with Crippen molar-refractivity contribution in [3.8, 4) is 11.8 Å². The number of benzene rings is 1. The van der Waals surface area contributed by atoms with Gasteiger partial charge in [0.15, 0.2) is 6.61 Å². The van der Waals surface area contributed by atoms with E-state index in [0.29, 0.717) is 17.9 Å². The van der Waals surface area contributed by atoms with Gasteiger partial charge < -0.3 is 14.8 Å². The van der Waals surface area contributed by atoms with Gasteiger partial charge in [0.05, 0.1) is 24.8 Å². The smallest absolute Gasteiger partial charge is 0.257 e. The van der Waals surface area contributed by atoms with Crippen LogP contribution in [0.25, 0.3) is 0 Å². The Morgan fingerprint density at radius 3 is 2.65 bits per heavy atom. The highest BCUT2D eigenvalue weighted by atomic mass is 35.5. The van der Waals surface area contributed by atoms with Gasteiger partial charge in [-0.25, -0.2) is 0 Å². The minimum atomic E-state index is -0.133. The van der Waals surface area contributed by atoms with Crippen LogP contribution in [0.2, 0.25) is 0 Å². The van der Waals surface area contributed by atoms with Crippen molar-refractivity contribution in [1.82, 2.24) is 10.2 Å². The molecule has 1 fully saturated rings. The number of amides is 1. The van der Waals surface area contributed by atoms with Gasteiger partial charge in [0.2, 0.25) is 0 Å². The van der Waals surface area contributed by atoms with Crippen molar-refractivity contribution in [1.29, 1.82) is 5.26 Å². The van der Waals surface area contributed by atoms with E-state index in [4.69, 9.17) is 14.7 Å². The summed E-state index contributed by atoms with van der Waals surface area (Å²) in [6, 6.07) is 8.73. The Labute approximate surface area is 142 Å². The summed E-state index contributed by atoms with van der Waals surface area (Å²) in [5, 5.41) is 11.5. The van der Waals surface area contributed by atoms with E-state index in [1.807, 2.05) is 6.07 Å². The molecule has 7 heteroatoms. The Kier molecular flexibility index (Phi) is 9.07. The number of carbonyl (C=O) groups excluding carboxylic acids is 1. The molecular formula is C16H22ClN3O3. The lowest BCUT2D eigenvalue weighted by molar-refractivity contribution is -0.123. The average molecular weight is 340 g/mol. The topological polar surface area (TPSA) is 74.6 Å². The maximum Gasteiger partial charge on any atom is 0.257 e. The molecule has 1 aromatic carbocycles. The first-order chi connectivity index (χ1) is 10.8. The number of hydrogen-bond acceptors (Lipinski definition) is 5. The molecule has 23 heavy (non-hydrogen) atoms. The fourth-order valence-corrected chi connectivity index (χ4v) is 2.18. The summed E-state index contributed by atoms with van der Waals surface area (Å²) in [4.78, 5) is 14.0. The molecule has 0 aliphatic carbocycles. The first kappa shape index (κ1) is 19.2. The van der Waals surface area contributed by atoms with Gasteiger partial charge in [0, 0.05) is 19.6 Å². The summed E-state index contributed by atoms with van der Waals surface area (Å²) in [6.07, 6.45) is 0.919. The summed E-state index contributed by atoms with van der Waals surface area (Å²) >= 11 is 0. The summed E-state index contributed by atoms with van der Waals surface area (Å²) in [6.45, 7) is 5.14. The van der Waals surface area contributed by atoms with Gasteiger partial charge in [-0.15, -0.1) is 12.4 Å². The van der Waals surface area contributed by atoms with Crippen molar-refractivity contribution in [3.05, 3.63) is 29.8 Å². The minimum Gasteiger partial charge on any atom is -0.484 e. The lowest BCUT2D eigenvalue weighted by atomic mass is 10.2. The van der Waals surface area contributed by atoms with E-state index in [9.17, 15) is 4.79 Å². The molecule has 2 rings (SSSR count). The zero-order chi connectivity index (χ0) is 15.6.